The quantitative estimate of drug-likeness (QED) is 0.164. The summed E-state index contributed by atoms with van der Waals surface area (Å²) >= 11 is 0. The summed E-state index contributed by atoms with van der Waals surface area (Å²) in [7, 11) is 0. The standard InChI is InChI=1S/C16H30N2O8/c19-9-3-17(4-10-20)7-13-25-15(23)1-2-16(24)26-14-8-18(5-11-21)6-12-22/h1-2,19-22H,3-14H2/b2-1+. The largest absolute Gasteiger partial charge is 0.461 e. The third kappa shape index (κ3) is 13.7. The maximum atomic E-state index is 11.5. The van der Waals surface area contributed by atoms with Gasteiger partial charge in [0.05, 0.1) is 26.4 Å². The highest BCUT2D eigenvalue weighted by Gasteiger charge is 2.07. The molecule has 0 aromatic rings. The first-order valence-corrected chi connectivity index (χ1v) is 8.47. The van der Waals surface area contributed by atoms with Crippen LogP contribution in [0, 0.1) is 0 Å². The Labute approximate surface area is 153 Å². The van der Waals surface area contributed by atoms with Crippen LogP contribution in [0.25, 0.3) is 0 Å². The summed E-state index contributed by atoms with van der Waals surface area (Å²) < 4.78 is 9.84. The molecule has 0 rings (SSSR count). The van der Waals surface area contributed by atoms with Crippen molar-refractivity contribution in [2.24, 2.45) is 0 Å². The lowest BCUT2D eigenvalue weighted by molar-refractivity contribution is -0.141. The van der Waals surface area contributed by atoms with Crippen LogP contribution < -0.4 is 0 Å². The molecule has 0 atom stereocenters. The van der Waals surface area contributed by atoms with E-state index < -0.39 is 11.9 Å². The van der Waals surface area contributed by atoms with Gasteiger partial charge in [0, 0.05) is 51.4 Å². The van der Waals surface area contributed by atoms with Crippen molar-refractivity contribution in [3.05, 3.63) is 12.2 Å². The summed E-state index contributed by atoms with van der Waals surface area (Å²) in [5, 5.41) is 35.4. The minimum absolute atomic E-state index is 0.0618. The number of rotatable bonds is 16. The molecule has 0 bridgehead atoms. The van der Waals surface area contributed by atoms with E-state index in [2.05, 4.69) is 0 Å². The number of carbonyl (C=O) groups is 2. The number of carbonyl (C=O) groups excluding carboxylic acids is 2. The molecule has 0 aliphatic heterocycles. The zero-order valence-corrected chi connectivity index (χ0v) is 15.0. The summed E-state index contributed by atoms with van der Waals surface area (Å²) in [6.45, 7) is 2.06. The van der Waals surface area contributed by atoms with E-state index in [-0.39, 0.29) is 39.6 Å². The number of esters is 2. The van der Waals surface area contributed by atoms with E-state index in [1.807, 2.05) is 0 Å². The maximum absolute atomic E-state index is 11.5. The molecule has 0 saturated carbocycles. The molecular weight excluding hydrogens is 348 g/mol. The lowest BCUT2D eigenvalue weighted by Gasteiger charge is -2.19. The SMILES string of the molecule is O=C(/C=C/C(=O)OCCN(CCO)CCO)OCCN(CCO)CCO. The van der Waals surface area contributed by atoms with E-state index in [1.165, 1.54) is 0 Å². The van der Waals surface area contributed by atoms with Gasteiger partial charge in [0.25, 0.3) is 0 Å². The average Bonchev–Trinajstić information content (AvgIpc) is 2.60. The van der Waals surface area contributed by atoms with Gasteiger partial charge in [-0.05, 0) is 0 Å². The van der Waals surface area contributed by atoms with Gasteiger partial charge in [-0.1, -0.05) is 0 Å². The molecule has 0 spiro atoms. The van der Waals surface area contributed by atoms with Crippen molar-refractivity contribution in [3.8, 4) is 0 Å². The third-order valence-corrected chi connectivity index (χ3v) is 3.32. The molecule has 0 fully saturated rings. The second kappa shape index (κ2) is 16.9. The summed E-state index contributed by atoms with van der Waals surface area (Å²) in [6.07, 6.45) is 1.92. The number of aliphatic hydroxyl groups excluding tert-OH is 4. The minimum Gasteiger partial charge on any atom is -0.461 e. The molecule has 0 unspecified atom stereocenters. The van der Waals surface area contributed by atoms with Gasteiger partial charge in [0.15, 0.2) is 0 Å². The highest BCUT2D eigenvalue weighted by Crippen LogP contribution is 1.92. The fraction of sp³-hybridized carbons (Fsp3) is 0.750. The van der Waals surface area contributed by atoms with Crippen LogP contribution in [0.15, 0.2) is 12.2 Å². The fourth-order valence-corrected chi connectivity index (χ4v) is 2.02. The van der Waals surface area contributed by atoms with E-state index >= 15 is 0 Å². The van der Waals surface area contributed by atoms with Crippen LogP contribution in [0.5, 0.6) is 0 Å². The van der Waals surface area contributed by atoms with Crippen molar-refractivity contribution in [2.75, 3.05) is 78.9 Å². The molecule has 0 amide bonds. The van der Waals surface area contributed by atoms with Crippen molar-refractivity contribution < 1.29 is 39.5 Å². The van der Waals surface area contributed by atoms with Crippen LogP contribution in [-0.4, -0.2) is 121 Å². The predicted octanol–water partition coefficient (Wildman–Crippen LogP) is -2.80. The average molecular weight is 378 g/mol. The Hall–Kier alpha value is -1.56. The van der Waals surface area contributed by atoms with Gasteiger partial charge in [0.2, 0.25) is 0 Å². The summed E-state index contributed by atoms with van der Waals surface area (Å²) in [5.74, 6) is -1.39. The zero-order chi connectivity index (χ0) is 19.6. The molecule has 0 aliphatic carbocycles. The first-order valence-electron chi connectivity index (χ1n) is 8.47. The van der Waals surface area contributed by atoms with Crippen LogP contribution >= 0.6 is 0 Å². The first-order chi connectivity index (χ1) is 12.6. The number of ether oxygens (including phenoxy) is 2. The Morgan fingerprint density at radius 3 is 1.19 bits per heavy atom. The first kappa shape index (κ1) is 24.4. The summed E-state index contributed by atoms with van der Waals surface area (Å²) in [4.78, 5) is 26.5. The number of aliphatic hydroxyl groups is 4. The van der Waals surface area contributed by atoms with Crippen molar-refractivity contribution in [1.29, 1.82) is 0 Å². The van der Waals surface area contributed by atoms with Gasteiger partial charge in [-0.25, -0.2) is 9.59 Å². The van der Waals surface area contributed by atoms with Gasteiger partial charge < -0.3 is 29.9 Å². The third-order valence-electron chi connectivity index (χ3n) is 3.32. The van der Waals surface area contributed by atoms with Crippen LogP contribution in [0.3, 0.4) is 0 Å². The lowest BCUT2D eigenvalue weighted by Crippen LogP contribution is -2.33. The normalized spacial score (nSPS) is 11.5. The topological polar surface area (TPSA) is 140 Å². The molecule has 26 heavy (non-hydrogen) atoms. The molecule has 152 valence electrons. The predicted molar refractivity (Wildman–Crippen MR) is 92.3 cm³/mol. The minimum atomic E-state index is -0.697. The van der Waals surface area contributed by atoms with Crippen LogP contribution in [0.1, 0.15) is 0 Å². The van der Waals surface area contributed by atoms with Gasteiger partial charge >= 0.3 is 11.9 Å². The van der Waals surface area contributed by atoms with Gasteiger partial charge in [-0.3, -0.25) is 9.80 Å². The molecule has 10 nitrogen and oxygen atoms in total. The smallest absolute Gasteiger partial charge is 0.331 e. The Kier molecular flexibility index (Phi) is 15.9. The molecule has 4 N–H and O–H groups in total. The number of hydrogen-bond acceptors (Lipinski definition) is 10. The van der Waals surface area contributed by atoms with Crippen LogP contribution in [0.2, 0.25) is 0 Å². The molecule has 0 saturated heterocycles. The monoisotopic (exact) mass is 378 g/mol. The van der Waals surface area contributed by atoms with Crippen molar-refractivity contribution in [2.45, 2.75) is 0 Å². The Morgan fingerprint density at radius 1 is 0.615 bits per heavy atom. The van der Waals surface area contributed by atoms with Crippen molar-refractivity contribution in [1.82, 2.24) is 9.80 Å². The molecule has 0 aromatic carbocycles. The van der Waals surface area contributed by atoms with E-state index in [9.17, 15) is 9.59 Å². The lowest BCUT2D eigenvalue weighted by atomic mass is 10.4. The van der Waals surface area contributed by atoms with Crippen LogP contribution in [0.4, 0.5) is 0 Å². The fourth-order valence-electron chi connectivity index (χ4n) is 2.02. The number of nitrogens with zero attached hydrogens (tertiary/aromatic N) is 2. The highest BCUT2D eigenvalue weighted by atomic mass is 16.5. The van der Waals surface area contributed by atoms with Crippen LogP contribution in [-0.2, 0) is 19.1 Å². The second-order valence-electron chi connectivity index (χ2n) is 5.25. The molecule has 10 heteroatoms. The number of hydrogen-bond donors (Lipinski definition) is 4. The van der Waals surface area contributed by atoms with Crippen molar-refractivity contribution >= 4 is 11.9 Å². The van der Waals surface area contributed by atoms with Crippen molar-refractivity contribution in [3.63, 3.8) is 0 Å². The molecule has 0 aromatic heterocycles. The van der Waals surface area contributed by atoms with E-state index in [0.29, 0.717) is 39.3 Å². The van der Waals surface area contributed by atoms with Gasteiger partial charge in [-0.15, -0.1) is 0 Å². The Bertz CT molecular complexity index is 358. The van der Waals surface area contributed by atoms with Gasteiger partial charge in [-0.2, -0.15) is 0 Å². The second-order valence-corrected chi connectivity index (χ2v) is 5.25. The Balaban J connectivity index is 3.98. The molecule has 0 aliphatic rings. The highest BCUT2D eigenvalue weighted by molar-refractivity contribution is 5.91. The van der Waals surface area contributed by atoms with E-state index in [0.717, 1.165) is 12.2 Å². The summed E-state index contributed by atoms with van der Waals surface area (Å²) in [5.41, 5.74) is 0. The van der Waals surface area contributed by atoms with E-state index in [4.69, 9.17) is 29.9 Å². The molecule has 0 radical (unpaired) electrons. The Morgan fingerprint density at radius 2 is 0.923 bits per heavy atom. The molecular formula is C16H30N2O8. The van der Waals surface area contributed by atoms with Gasteiger partial charge in [0.1, 0.15) is 13.2 Å². The zero-order valence-electron chi connectivity index (χ0n) is 15.0. The van der Waals surface area contributed by atoms with E-state index in [1.54, 1.807) is 9.80 Å². The summed E-state index contributed by atoms with van der Waals surface area (Å²) in [6, 6.07) is 0. The molecule has 0 heterocycles. The maximum Gasteiger partial charge on any atom is 0.331 e.